The Labute approximate surface area is 144 Å². The maximum atomic E-state index is 12.6. The summed E-state index contributed by atoms with van der Waals surface area (Å²) in [4.78, 5) is 11.8. The van der Waals surface area contributed by atoms with Crippen molar-refractivity contribution in [3.05, 3.63) is 46.2 Å². The zero-order valence-corrected chi connectivity index (χ0v) is 14.4. The normalized spacial score (nSPS) is 17.2. The number of carbonyl (C=O) groups is 1. The highest BCUT2D eigenvalue weighted by atomic mass is 32.2. The van der Waals surface area contributed by atoms with E-state index in [1.54, 1.807) is 11.3 Å². The number of sulfonamides is 1. The second-order valence-electron chi connectivity index (χ2n) is 5.52. The van der Waals surface area contributed by atoms with Crippen LogP contribution in [0.4, 0.5) is 0 Å². The van der Waals surface area contributed by atoms with Crippen molar-refractivity contribution in [2.24, 2.45) is 0 Å². The first-order valence-corrected chi connectivity index (χ1v) is 9.85. The molecule has 128 valence electrons. The molecule has 0 saturated carbocycles. The number of hydrogen-bond acceptors (Lipinski definition) is 5. The molecule has 0 saturated heterocycles. The molecule has 2 N–H and O–H groups in total. The summed E-state index contributed by atoms with van der Waals surface area (Å²) in [6.07, 6.45) is 2.74. The zero-order chi connectivity index (χ0) is 17.2. The van der Waals surface area contributed by atoms with E-state index in [9.17, 15) is 13.2 Å². The number of thiophene rings is 1. The van der Waals surface area contributed by atoms with Crippen molar-refractivity contribution in [2.45, 2.75) is 30.2 Å². The zero-order valence-electron chi connectivity index (χ0n) is 12.8. The van der Waals surface area contributed by atoms with E-state index < -0.39 is 22.6 Å². The average Bonchev–Trinajstić information content (AvgIpc) is 3.03. The van der Waals surface area contributed by atoms with Crippen LogP contribution in [-0.4, -0.2) is 26.1 Å². The number of aryl methyl sites for hydroxylation is 1. The van der Waals surface area contributed by atoms with Crippen LogP contribution in [0.2, 0.25) is 0 Å². The molecular formula is C16H17NO5S2. The van der Waals surface area contributed by atoms with Crippen LogP contribution in [0, 0.1) is 0 Å². The highest BCUT2D eigenvalue weighted by molar-refractivity contribution is 7.89. The summed E-state index contributed by atoms with van der Waals surface area (Å²) in [6.45, 7) is -0.465. The molecule has 1 aromatic heterocycles. The number of carboxylic acids is 1. The van der Waals surface area contributed by atoms with Gasteiger partial charge in [0.15, 0.2) is 6.61 Å². The standard InChI is InChI=1S/C16H17NO5S2/c18-16(19)10-22-11-4-6-12(7-5-11)24(20,21)17-14-2-1-3-15-13(14)8-9-23-15/h4-9,14,17H,1-3,10H2,(H,18,19). The van der Waals surface area contributed by atoms with Crippen molar-refractivity contribution < 1.29 is 23.1 Å². The van der Waals surface area contributed by atoms with Gasteiger partial charge in [-0.3, -0.25) is 0 Å². The molecule has 0 aliphatic heterocycles. The molecule has 1 atom stereocenters. The second-order valence-corrected chi connectivity index (χ2v) is 8.23. The molecule has 0 spiro atoms. The Hall–Kier alpha value is -1.90. The third-order valence-corrected chi connectivity index (χ3v) is 6.33. The van der Waals surface area contributed by atoms with Gasteiger partial charge in [-0.15, -0.1) is 11.3 Å². The molecule has 1 heterocycles. The van der Waals surface area contributed by atoms with E-state index >= 15 is 0 Å². The Kier molecular flexibility index (Phi) is 4.88. The Balaban J connectivity index is 1.73. The third-order valence-electron chi connectivity index (χ3n) is 3.85. The molecule has 0 bridgehead atoms. The summed E-state index contributed by atoms with van der Waals surface area (Å²) in [5.74, 6) is -0.772. The quantitative estimate of drug-likeness (QED) is 0.819. The van der Waals surface area contributed by atoms with E-state index in [0.717, 1.165) is 24.8 Å². The molecule has 2 aromatic rings. The number of nitrogens with one attached hydrogen (secondary N) is 1. The van der Waals surface area contributed by atoms with Gasteiger partial charge in [-0.1, -0.05) is 0 Å². The molecule has 6 nitrogen and oxygen atoms in total. The van der Waals surface area contributed by atoms with E-state index in [1.807, 2.05) is 11.4 Å². The Bertz CT molecular complexity index is 826. The summed E-state index contributed by atoms with van der Waals surface area (Å²) in [6, 6.07) is 7.51. The summed E-state index contributed by atoms with van der Waals surface area (Å²) in [7, 11) is -3.65. The van der Waals surface area contributed by atoms with E-state index in [4.69, 9.17) is 9.84 Å². The molecule has 1 aromatic carbocycles. The lowest BCUT2D eigenvalue weighted by atomic mass is 9.95. The Morgan fingerprint density at radius 3 is 2.75 bits per heavy atom. The molecule has 0 amide bonds. The lowest BCUT2D eigenvalue weighted by Gasteiger charge is -2.23. The van der Waals surface area contributed by atoms with Crippen molar-refractivity contribution in [1.82, 2.24) is 4.72 Å². The van der Waals surface area contributed by atoms with Crippen LogP contribution < -0.4 is 9.46 Å². The van der Waals surface area contributed by atoms with Crippen molar-refractivity contribution in [2.75, 3.05) is 6.61 Å². The summed E-state index contributed by atoms with van der Waals surface area (Å²) < 4.78 is 32.9. The van der Waals surface area contributed by atoms with Crippen molar-refractivity contribution in [1.29, 1.82) is 0 Å². The summed E-state index contributed by atoms with van der Waals surface area (Å²) in [5.41, 5.74) is 1.07. The maximum absolute atomic E-state index is 12.6. The minimum absolute atomic E-state index is 0.132. The number of rotatable bonds is 6. The molecule has 8 heteroatoms. The summed E-state index contributed by atoms with van der Waals surface area (Å²) >= 11 is 1.66. The molecule has 1 aliphatic rings. The Morgan fingerprint density at radius 1 is 1.29 bits per heavy atom. The van der Waals surface area contributed by atoms with Gasteiger partial charge in [0.25, 0.3) is 0 Å². The van der Waals surface area contributed by atoms with Crippen LogP contribution in [-0.2, 0) is 21.2 Å². The first kappa shape index (κ1) is 16.9. The smallest absolute Gasteiger partial charge is 0.341 e. The predicted molar refractivity (Wildman–Crippen MR) is 89.9 cm³/mol. The number of benzene rings is 1. The van der Waals surface area contributed by atoms with Gasteiger partial charge in [-0.25, -0.2) is 17.9 Å². The predicted octanol–water partition coefficient (Wildman–Crippen LogP) is 2.57. The lowest BCUT2D eigenvalue weighted by molar-refractivity contribution is -0.139. The van der Waals surface area contributed by atoms with Crippen molar-refractivity contribution in [3.63, 3.8) is 0 Å². The fraction of sp³-hybridized carbons (Fsp3) is 0.312. The van der Waals surface area contributed by atoms with Gasteiger partial charge < -0.3 is 9.84 Å². The minimum Gasteiger partial charge on any atom is -0.482 e. The van der Waals surface area contributed by atoms with Crippen molar-refractivity contribution in [3.8, 4) is 5.75 Å². The third kappa shape index (κ3) is 3.77. The number of fused-ring (bicyclic) bond motifs is 1. The minimum atomic E-state index is -3.65. The van der Waals surface area contributed by atoms with Crippen molar-refractivity contribution >= 4 is 27.3 Å². The number of hydrogen-bond donors (Lipinski definition) is 2. The number of carboxylic acid groups (broad SMARTS) is 1. The SMILES string of the molecule is O=C(O)COc1ccc(S(=O)(=O)NC2CCCc3sccc32)cc1. The fourth-order valence-corrected chi connectivity index (χ4v) is 4.96. The van der Waals surface area contributed by atoms with Crippen LogP contribution in [0.25, 0.3) is 0 Å². The Morgan fingerprint density at radius 2 is 2.04 bits per heavy atom. The van der Waals surface area contributed by atoms with Gasteiger partial charge in [-0.2, -0.15) is 0 Å². The van der Waals surface area contributed by atoms with Gasteiger partial charge in [0, 0.05) is 10.9 Å². The first-order chi connectivity index (χ1) is 11.5. The molecular weight excluding hydrogens is 350 g/mol. The maximum Gasteiger partial charge on any atom is 0.341 e. The topological polar surface area (TPSA) is 92.7 Å². The van der Waals surface area contributed by atoms with Crippen LogP contribution in [0.5, 0.6) is 5.75 Å². The van der Waals surface area contributed by atoms with E-state index in [-0.39, 0.29) is 10.9 Å². The lowest BCUT2D eigenvalue weighted by Crippen LogP contribution is -2.30. The largest absolute Gasteiger partial charge is 0.482 e. The van der Waals surface area contributed by atoms with Crippen LogP contribution >= 0.6 is 11.3 Å². The molecule has 0 radical (unpaired) electrons. The first-order valence-electron chi connectivity index (χ1n) is 7.49. The number of aliphatic carboxylic acids is 1. The van der Waals surface area contributed by atoms with Gasteiger partial charge in [0.05, 0.1) is 4.90 Å². The van der Waals surface area contributed by atoms with Crippen LogP contribution in [0.1, 0.15) is 29.3 Å². The fourth-order valence-electron chi connectivity index (χ4n) is 2.72. The molecule has 3 rings (SSSR count). The monoisotopic (exact) mass is 367 g/mol. The van der Waals surface area contributed by atoms with Gasteiger partial charge in [0.1, 0.15) is 5.75 Å². The highest BCUT2D eigenvalue weighted by Gasteiger charge is 2.26. The number of ether oxygens (including phenoxy) is 1. The molecule has 24 heavy (non-hydrogen) atoms. The molecule has 0 fully saturated rings. The van der Waals surface area contributed by atoms with E-state index in [1.165, 1.54) is 29.1 Å². The highest BCUT2D eigenvalue weighted by Crippen LogP contribution is 2.34. The van der Waals surface area contributed by atoms with Gasteiger partial charge in [0.2, 0.25) is 10.0 Å². The van der Waals surface area contributed by atoms with Gasteiger partial charge >= 0.3 is 5.97 Å². The average molecular weight is 367 g/mol. The van der Waals surface area contributed by atoms with E-state index in [0.29, 0.717) is 5.75 Å². The second kappa shape index (κ2) is 6.92. The molecule has 1 unspecified atom stereocenters. The van der Waals surface area contributed by atoms with Crippen LogP contribution in [0.3, 0.4) is 0 Å². The van der Waals surface area contributed by atoms with E-state index in [2.05, 4.69) is 4.72 Å². The summed E-state index contributed by atoms with van der Waals surface area (Å²) in [5, 5.41) is 10.6. The molecule has 1 aliphatic carbocycles. The van der Waals surface area contributed by atoms with Crippen LogP contribution in [0.15, 0.2) is 40.6 Å². The van der Waals surface area contributed by atoms with Gasteiger partial charge in [-0.05, 0) is 60.5 Å².